The van der Waals surface area contributed by atoms with Gasteiger partial charge in [0.05, 0.1) is 28.1 Å². The molecule has 5 rings (SSSR count). The number of anilines is 4. The van der Waals surface area contributed by atoms with Crippen LogP contribution in [0.1, 0.15) is 21.5 Å². The largest absolute Gasteiger partial charge is 0.382 e. The molecule has 0 fully saturated rings. The molecule has 2 aromatic carbocycles. The molecule has 0 aliphatic rings. The molecule has 0 saturated heterocycles. The van der Waals surface area contributed by atoms with Gasteiger partial charge in [-0.05, 0) is 42.3 Å². The van der Waals surface area contributed by atoms with Gasteiger partial charge in [-0.3, -0.25) is 4.79 Å². The number of nitrogens with zero attached hydrogens (tertiary/aromatic N) is 3. The van der Waals surface area contributed by atoms with Gasteiger partial charge in [-0.15, -0.1) is 11.3 Å². The molecule has 0 atom stereocenters. The van der Waals surface area contributed by atoms with Crippen LogP contribution in [0, 0.1) is 6.92 Å². The van der Waals surface area contributed by atoms with E-state index in [-0.39, 0.29) is 5.91 Å². The lowest BCUT2D eigenvalue weighted by Crippen LogP contribution is -2.13. The summed E-state index contributed by atoms with van der Waals surface area (Å²) in [4.78, 5) is 26.0. The van der Waals surface area contributed by atoms with Crippen LogP contribution in [0.15, 0.2) is 54.3 Å². The summed E-state index contributed by atoms with van der Waals surface area (Å²) in [7, 11) is 1.63. The summed E-state index contributed by atoms with van der Waals surface area (Å²) in [6, 6.07) is 11.4. The SMILES string of the molecule is COCc1cc(Nc2nccc3c(NC(=O)c4csc5c(N)ncnc45)c(C)ccc23)ccc1Cl. The van der Waals surface area contributed by atoms with Gasteiger partial charge in [0.1, 0.15) is 18.0 Å². The summed E-state index contributed by atoms with van der Waals surface area (Å²) < 4.78 is 5.93. The molecule has 35 heavy (non-hydrogen) atoms. The van der Waals surface area contributed by atoms with Crippen molar-refractivity contribution in [2.45, 2.75) is 13.5 Å². The van der Waals surface area contributed by atoms with Crippen molar-refractivity contribution in [1.82, 2.24) is 15.0 Å². The van der Waals surface area contributed by atoms with Gasteiger partial charge >= 0.3 is 0 Å². The normalized spacial score (nSPS) is 11.2. The highest BCUT2D eigenvalue weighted by Gasteiger charge is 2.18. The second kappa shape index (κ2) is 9.46. The van der Waals surface area contributed by atoms with Gasteiger partial charge < -0.3 is 21.1 Å². The predicted molar refractivity (Wildman–Crippen MR) is 142 cm³/mol. The molecule has 5 aromatic rings. The number of amides is 1. The fourth-order valence-electron chi connectivity index (χ4n) is 3.90. The first-order valence-corrected chi connectivity index (χ1v) is 11.9. The minimum absolute atomic E-state index is 0.266. The number of nitrogens with two attached hydrogens (primary N) is 1. The number of benzene rings is 2. The predicted octanol–water partition coefficient (Wildman–Crippen LogP) is 5.93. The molecule has 0 spiro atoms. The first-order chi connectivity index (χ1) is 17.0. The highest BCUT2D eigenvalue weighted by Crippen LogP contribution is 2.34. The van der Waals surface area contributed by atoms with Gasteiger partial charge in [0, 0.05) is 40.2 Å². The number of hydrogen-bond donors (Lipinski definition) is 3. The van der Waals surface area contributed by atoms with Crippen molar-refractivity contribution in [3.63, 3.8) is 0 Å². The zero-order valence-corrected chi connectivity index (χ0v) is 20.5. The molecule has 0 radical (unpaired) electrons. The lowest BCUT2D eigenvalue weighted by atomic mass is 10.0. The van der Waals surface area contributed by atoms with Crippen molar-refractivity contribution < 1.29 is 9.53 Å². The topological polar surface area (TPSA) is 115 Å². The molecule has 4 N–H and O–H groups in total. The maximum Gasteiger partial charge on any atom is 0.258 e. The fourth-order valence-corrected chi connectivity index (χ4v) is 4.97. The average Bonchev–Trinajstić information content (AvgIpc) is 3.29. The molecule has 0 bridgehead atoms. The number of aromatic nitrogens is 3. The summed E-state index contributed by atoms with van der Waals surface area (Å²) in [6.07, 6.45) is 3.07. The van der Waals surface area contributed by atoms with Crippen molar-refractivity contribution in [2.75, 3.05) is 23.5 Å². The van der Waals surface area contributed by atoms with Crippen LogP contribution in [0.4, 0.5) is 23.0 Å². The van der Waals surface area contributed by atoms with Crippen molar-refractivity contribution in [3.05, 3.63) is 76.0 Å². The standard InChI is InChI=1S/C25H21ClN6O2S/c1-13-3-5-17-16(7-8-28-24(17)31-15-4-6-19(26)14(9-15)10-34-2)20(13)32-25(33)18-11-35-22-21(18)29-12-30-23(22)27/h3-9,11-12H,10H2,1-2H3,(H,28,31)(H,32,33)(H2,27,29,30). The van der Waals surface area contributed by atoms with Crippen molar-refractivity contribution >= 4 is 72.8 Å². The number of nitrogens with one attached hydrogen (secondary N) is 2. The van der Waals surface area contributed by atoms with Gasteiger partial charge in [0.2, 0.25) is 0 Å². The molecule has 10 heteroatoms. The first kappa shape index (κ1) is 23.0. The fraction of sp³-hybridized carbons (Fsp3) is 0.120. The molecule has 8 nitrogen and oxygen atoms in total. The molecule has 3 aromatic heterocycles. The number of rotatable bonds is 6. The molecule has 3 heterocycles. The van der Waals surface area contributed by atoms with Gasteiger partial charge in [0.25, 0.3) is 5.91 Å². The first-order valence-electron chi connectivity index (χ1n) is 10.7. The van der Waals surface area contributed by atoms with E-state index in [0.29, 0.717) is 44.7 Å². The van der Waals surface area contributed by atoms with E-state index in [1.54, 1.807) is 18.7 Å². The number of carbonyl (C=O) groups excluding carboxylic acids is 1. The van der Waals surface area contributed by atoms with Gasteiger partial charge in [-0.2, -0.15) is 0 Å². The van der Waals surface area contributed by atoms with E-state index in [1.165, 1.54) is 17.7 Å². The van der Waals surface area contributed by atoms with Crippen molar-refractivity contribution in [2.24, 2.45) is 0 Å². The highest BCUT2D eigenvalue weighted by atomic mass is 35.5. The number of pyridine rings is 1. The minimum atomic E-state index is -0.266. The van der Waals surface area contributed by atoms with Crippen molar-refractivity contribution in [3.8, 4) is 0 Å². The van der Waals surface area contributed by atoms with E-state index >= 15 is 0 Å². The van der Waals surface area contributed by atoms with Crippen LogP contribution in [-0.2, 0) is 11.3 Å². The Morgan fingerprint density at radius 1 is 1.14 bits per heavy atom. The molecule has 0 aliphatic carbocycles. The van der Waals surface area contributed by atoms with Crippen LogP contribution in [0.3, 0.4) is 0 Å². The second-order valence-corrected chi connectivity index (χ2v) is 9.20. The Labute approximate surface area is 210 Å². The van der Waals surface area contributed by atoms with Gasteiger partial charge in [-0.1, -0.05) is 23.7 Å². The third kappa shape index (κ3) is 4.37. The van der Waals surface area contributed by atoms with Crippen LogP contribution in [-0.4, -0.2) is 28.0 Å². The monoisotopic (exact) mass is 504 g/mol. The van der Waals surface area contributed by atoms with E-state index in [9.17, 15) is 4.79 Å². The molecular weight excluding hydrogens is 484 g/mol. The number of hydrogen-bond acceptors (Lipinski definition) is 8. The Morgan fingerprint density at radius 3 is 2.83 bits per heavy atom. The van der Waals surface area contributed by atoms with Crippen LogP contribution in [0.25, 0.3) is 21.0 Å². The molecular formula is C25H21ClN6O2S. The number of halogens is 1. The summed E-state index contributed by atoms with van der Waals surface area (Å²) in [5.41, 5.74) is 10.3. The van der Waals surface area contributed by atoms with E-state index in [1.807, 2.05) is 43.3 Å². The zero-order valence-electron chi connectivity index (χ0n) is 18.9. The second-order valence-electron chi connectivity index (χ2n) is 7.92. The Kier molecular flexibility index (Phi) is 6.21. The molecule has 1 amide bonds. The number of carbonyl (C=O) groups is 1. The van der Waals surface area contributed by atoms with Crippen LogP contribution in [0.2, 0.25) is 5.02 Å². The van der Waals surface area contributed by atoms with Crippen LogP contribution >= 0.6 is 22.9 Å². The lowest BCUT2D eigenvalue weighted by Gasteiger charge is -2.15. The Morgan fingerprint density at radius 2 is 2.00 bits per heavy atom. The highest BCUT2D eigenvalue weighted by molar-refractivity contribution is 7.18. The summed E-state index contributed by atoms with van der Waals surface area (Å²) in [6.45, 7) is 2.35. The quantitative estimate of drug-likeness (QED) is 0.262. The minimum Gasteiger partial charge on any atom is -0.382 e. The molecule has 0 saturated carbocycles. The Bertz CT molecular complexity index is 1590. The van der Waals surface area contributed by atoms with E-state index in [4.69, 9.17) is 22.1 Å². The Balaban J connectivity index is 1.51. The van der Waals surface area contributed by atoms with Gasteiger partial charge in [-0.25, -0.2) is 15.0 Å². The smallest absolute Gasteiger partial charge is 0.258 e. The maximum absolute atomic E-state index is 13.2. The van der Waals surface area contributed by atoms with Crippen LogP contribution in [0.5, 0.6) is 0 Å². The van der Waals surface area contributed by atoms with Crippen LogP contribution < -0.4 is 16.4 Å². The number of aryl methyl sites for hydroxylation is 1. The van der Waals surface area contributed by atoms with E-state index in [0.717, 1.165) is 27.6 Å². The Hall–Kier alpha value is -3.79. The van der Waals surface area contributed by atoms with Crippen molar-refractivity contribution in [1.29, 1.82) is 0 Å². The zero-order chi connectivity index (χ0) is 24.5. The third-order valence-electron chi connectivity index (χ3n) is 5.63. The molecule has 0 unspecified atom stereocenters. The summed E-state index contributed by atoms with van der Waals surface area (Å²) in [5, 5.41) is 10.5. The number of fused-ring (bicyclic) bond motifs is 2. The number of thiophene rings is 1. The number of ether oxygens (including phenoxy) is 1. The van der Waals surface area contributed by atoms with Gasteiger partial charge in [0.15, 0.2) is 0 Å². The lowest BCUT2D eigenvalue weighted by molar-refractivity contribution is 0.102. The molecule has 0 aliphatic heterocycles. The summed E-state index contributed by atoms with van der Waals surface area (Å²) >= 11 is 7.62. The number of methoxy groups -OCH3 is 1. The molecule has 176 valence electrons. The third-order valence-corrected chi connectivity index (χ3v) is 6.99. The number of nitrogen functional groups attached to an aromatic ring is 1. The van der Waals surface area contributed by atoms with E-state index < -0.39 is 0 Å². The maximum atomic E-state index is 13.2. The average molecular weight is 505 g/mol. The van der Waals surface area contributed by atoms with E-state index in [2.05, 4.69) is 25.6 Å². The summed E-state index contributed by atoms with van der Waals surface area (Å²) in [5.74, 6) is 0.751.